The zero-order valence-electron chi connectivity index (χ0n) is 18.3. The first-order valence-corrected chi connectivity index (χ1v) is 11.4. The normalized spacial score (nSPS) is 22.3. The van der Waals surface area contributed by atoms with E-state index in [-0.39, 0.29) is 30.5 Å². The number of fused-ring (bicyclic) bond motifs is 1. The molecule has 4 atom stereocenters. The SMILES string of the molecule is O=C(O)CCC/C=C\C[C@H]1C(=O)CC(O)[C@@H]1/C=C/[C@@H](O)CCc1ccc2ccccc2c1. The summed E-state index contributed by atoms with van der Waals surface area (Å²) in [6.07, 6.45) is 9.27. The predicted octanol–water partition coefficient (Wildman–Crippen LogP) is 4.46. The summed E-state index contributed by atoms with van der Waals surface area (Å²) < 4.78 is 0. The molecule has 0 amide bonds. The fraction of sp³-hybridized carbons (Fsp3) is 0.407. The zero-order chi connectivity index (χ0) is 22.9. The Bertz CT molecular complexity index is 977. The summed E-state index contributed by atoms with van der Waals surface area (Å²) in [5.41, 5.74) is 1.16. The van der Waals surface area contributed by atoms with Gasteiger partial charge in [0.05, 0.1) is 12.2 Å². The number of carbonyl (C=O) groups excluding carboxylic acids is 1. The second-order valence-electron chi connectivity index (χ2n) is 8.59. The van der Waals surface area contributed by atoms with Crippen LogP contribution in [-0.2, 0) is 16.0 Å². The van der Waals surface area contributed by atoms with Gasteiger partial charge in [0.25, 0.3) is 0 Å². The Labute approximate surface area is 189 Å². The number of hydrogen-bond acceptors (Lipinski definition) is 4. The number of allylic oxidation sites excluding steroid dienone is 2. The minimum atomic E-state index is -0.808. The second kappa shape index (κ2) is 11.7. The molecule has 0 bridgehead atoms. The van der Waals surface area contributed by atoms with E-state index in [4.69, 9.17) is 5.11 Å². The molecule has 0 aliphatic heterocycles. The lowest BCUT2D eigenvalue weighted by molar-refractivity contribution is -0.137. The van der Waals surface area contributed by atoms with Crippen LogP contribution in [0.15, 0.2) is 66.8 Å². The van der Waals surface area contributed by atoms with Crippen molar-refractivity contribution in [2.24, 2.45) is 11.8 Å². The van der Waals surface area contributed by atoms with Gasteiger partial charge < -0.3 is 15.3 Å². The zero-order valence-corrected chi connectivity index (χ0v) is 18.3. The van der Waals surface area contributed by atoms with Gasteiger partial charge in [-0.2, -0.15) is 0 Å². The quantitative estimate of drug-likeness (QED) is 0.357. The molecule has 1 unspecified atom stereocenters. The molecule has 0 aromatic heterocycles. The summed E-state index contributed by atoms with van der Waals surface area (Å²) in [4.78, 5) is 22.8. The van der Waals surface area contributed by atoms with Gasteiger partial charge in [0.2, 0.25) is 0 Å². The van der Waals surface area contributed by atoms with Gasteiger partial charge in [-0.25, -0.2) is 0 Å². The molecular weight excluding hydrogens is 404 g/mol. The maximum atomic E-state index is 12.3. The molecule has 2 aromatic rings. The van der Waals surface area contributed by atoms with Crippen LogP contribution < -0.4 is 0 Å². The standard InChI is InChI=1S/C27H32O5/c28-22(14-12-19-11-13-20-7-5-6-8-21(20)17-19)15-16-24-23(25(29)18-26(24)30)9-3-1-2-4-10-27(31)32/h1,3,5-8,11,13,15-17,22-24,26,28,30H,2,4,9-10,12,14,18H2,(H,31,32)/b3-1-,16-15+/t22-,23+,24+,26?/m0/s1. The van der Waals surface area contributed by atoms with E-state index < -0.39 is 18.2 Å². The number of Topliss-reactive ketones (excluding diaryl/α,β-unsaturated/α-hetero) is 1. The average Bonchev–Trinajstić information content (AvgIpc) is 3.04. The van der Waals surface area contributed by atoms with Gasteiger partial charge in [-0.3, -0.25) is 9.59 Å². The van der Waals surface area contributed by atoms with Crippen molar-refractivity contribution < 1.29 is 24.9 Å². The summed E-state index contributed by atoms with van der Waals surface area (Å²) in [6.45, 7) is 0. The van der Waals surface area contributed by atoms with Gasteiger partial charge >= 0.3 is 5.97 Å². The molecule has 170 valence electrons. The van der Waals surface area contributed by atoms with Crippen LogP contribution in [-0.4, -0.2) is 39.3 Å². The third kappa shape index (κ3) is 6.87. The van der Waals surface area contributed by atoms with Gasteiger partial charge in [-0.05, 0) is 48.4 Å². The van der Waals surface area contributed by atoms with Crippen LogP contribution in [0, 0.1) is 11.8 Å². The van der Waals surface area contributed by atoms with Crippen molar-refractivity contribution in [3.63, 3.8) is 0 Å². The van der Waals surface area contributed by atoms with Gasteiger partial charge in [0, 0.05) is 24.7 Å². The maximum Gasteiger partial charge on any atom is 0.303 e. The molecule has 1 aliphatic carbocycles. The van der Waals surface area contributed by atoms with Crippen LogP contribution in [0.25, 0.3) is 10.8 Å². The van der Waals surface area contributed by atoms with Gasteiger partial charge in [0.15, 0.2) is 0 Å². The number of aliphatic hydroxyl groups excluding tert-OH is 2. The molecule has 3 N–H and O–H groups in total. The number of aryl methyl sites for hydroxylation is 1. The molecular formula is C27H32O5. The molecule has 1 saturated carbocycles. The molecule has 5 nitrogen and oxygen atoms in total. The molecule has 0 heterocycles. The molecule has 32 heavy (non-hydrogen) atoms. The summed E-state index contributed by atoms with van der Waals surface area (Å²) in [7, 11) is 0. The Hall–Kier alpha value is -2.76. The van der Waals surface area contributed by atoms with Gasteiger partial charge in [-0.15, -0.1) is 0 Å². The van der Waals surface area contributed by atoms with Crippen molar-refractivity contribution in [2.45, 2.75) is 57.2 Å². The monoisotopic (exact) mass is 436 g/mol. The second-order valence-corrected chi connectivity index (χ2v) is 8.59. The van der Waals surface area contributed by atoms with Crippen LogP contribution in [0.2, 0.25) is 0 Å². The van der Waals surface area contributed by atoms with Crippen molar-refractivity contribution in [1.29, 1.82) is 0 Å². The largest absolute Gasteiger partial charge is 0.481 e. The minimum Gasteiger partial charge on any atom is -0.481 e. The molecule has 2 aromatic carbocycles. The first kappa shape index (κ1) is 23.9. The van der Waals surface area contributed by atoms with Crippen molar-refractivity contribution in [3.05, 3.63) is 72.3 Å². The highest BCUT2D eigenvalue weighted by atomic mass is 16.4. The summed E-state index contributed by atoms with van der Waals surface area (Å²) in [5, 5.41) is 31.8. The lowest BCUT2D eigenvalue weighted by Crippen LogP contribution is -2.19. The Morgan fingerprint density at radius 1 is 1.12 bits per heavy atom. The number of ketones is 1. The van der Waals surface area contributed by atoms with E-state index in [0.29, 0.717) is 25.7 Å². The summed E-state index contributed by atoms with van der Waals surface area (Å²) >= 11 is 0. The third-order valence-electron chi connectivity index (χ3n) is 6.15. The molecule has 1 aliphatic rings. The topological polar surface area (TPSA) is 94.8 Å². The van der Waals surface area contributed by atoms with E-state index in [9.17, 15) is 19.8 Å². The van der Waals surface area contributed by atoms with Crippen LogP contribution in [0.1, 0.15) is 44.1 Å². The number of carbonyl (C=O) groups is 2. The Morgan fingerprint density at radius 2 is 1.91 bits per heavy atom. The smallest absolute Gasteiger partial charge is 0.303 e. The number of aliphatic hydroxyl groups is 2. The molecule has 3 rings (SSSR count). The first-order chi connectivity index (χ1) is 15.4. The number of rotatable bonds is 11. The molecule has 0 spiro atoms. The summed E-state index contributed by atoms with van der Waals surface area (Å²) in [5.74, 6) is -1.38. The number of benzene rings is 2. The Morgan fingerprint density at radius 3 is 2.69 bits per heavy atom. The van der Waals surface area contributed by atoms with Gasteiger partial charge in [-0.1, -0.05) is 66.8 Å². The Balaban J connectivity index is 1.51. The predicted molar refractivity (Wildman–Crippen MR) is 125 cm³/mol. The van der Waals surface area contributed by atoms with E-state index >= 15 is 0 Å². The highest BCUT2D eigenvalue weighted by Crippen LogP contribution is 2.33. The van der Waals surface area contributed by atoms with Crippen molar-refractivity contribution in [3.8, 4) is 0 Å². The van der Waals surface area contributed by atoms with Crippen LogP contribution in [0.3, 0.4) is 0 Å². The lowest BCUT2D eigenvalue weighted by Gasteiger charge is -2.16. The van der Waals surface area contributed by atoms with Crippen LogP contribution in [0.5, 0.6) is 0 Å². The number of aliphatic carboxylic acids is 1. The van der Waals surface area contributed by atoms with E-state index in [1.165, 1.54) is 10.8 Å². The minimum absolute atomic E-state index is 0.0352. The first-order valence-electron chi connectivity index (χ1n) is 11.4. The van der Waals surface area contributed by atoms with Gasteiger partial charge in [0.1, 0.15) is 5.78 Å². The number of carboxylic acid groups (broad SMARTS) is 1. The third-order valence-corrected chi connectivity index (χ3v) is 6.15. The van der Waals surface area contributed by atoms with Crippen LogP contribution in [0.4, 0.5) is 0 Å². The van der Waals surface area contributed by atoms with E-state index in [1.807, 2.05) is 24.3 Å². The highest BCUT2D eigenvalue weighted by molar-refractivity contribution is 5.85. The van der Waals surface area contributed by atoms with Crippen molar-refractivity contribution in [1.82, 2.24) is 0 Å². The molecule has 5 heteroatoms. The lowest BCUT2D eigenvalue weighted by atomic mass is 9.90. The summed E-state index contributed by atoms with van der Waals surface area (Å²) in [6, 6.07) is 14.5. The van der Waals surface area contributed by atoms with E-state index in [2.05, 4.69) is 30.3 Å². The van der Waals surface area contributed by atoms with Crippen LogP contribution >= 0.6 is 0 Å². The highest BCUT2D eigenvalue weighted by Gasteiger charge is 2.39. The van der Waals surface area contributed by atoms with Crippen molar-refractivity contribution >= 4 is 22.5 Å². The molecule has 1 fully saturated rings. The fourth-order valence-electron chi connectivity index (χ4n) is 4.32. The Kier molecular flexibility index (Phi) is 8.77. The van der Waals surface area contributed by atoms with Crippen molar-refractivity contribution in [2.75, 3.05) is 0 Å². The number of hydrogen-bond donors (Lipinski definition) is 3. The fourth-order valence-corrected chi connectivity index (χ4v) is 4.32. The average molecular weight is 437 g/mol. The molecule has 0 radical (unpaired) electrons. The molecule has 0 saturated heterocycles. The number of carboxylic acids is 1. The maximum absolute atomic E-state index is 12.3. The van der Waals surface area contributed by atoms with E-state index in [0.717, 1.165) is 12.0 Å². The van der Waals surface area contributed by atoms with E-state index in [1.54, 1.807) is 12.2 Å². The number of unbranched alkanes of at least 4 members (excludes halogenated alkanes) is 1.